The van der Waals surface area contributed by atoms with Gasteiger partial charge in [-0.1, -0.05) is 0 Å². The number of aryl methyl sites for hydroxylation is 1. The molecule has 1 aliphatic rings. The molecule has 2 aromatic rings. The Hall–Kier alpha value is -2.19. The number of fused-ring (bicyclic) bond motifs is 1. The molecule has 0 saturated carbocycles. The van der Waals surface area contributed by atoms with E-state index in [1.807, 2.05) is 13.0 Å². The summed E-state index contributed by atoms with van der Waals surface area (Å²) in [6.45, 7) is 2.76. The molecule has 1 saturated heterocycles. The number of benzene rings is 1. The second-order valence-electron chi connectivity index (χ2n) is 6.43. The van der Waals surface area contributed by atoms with Crippen LogP contribution in [0.4, 0.5) is 0 Å². The molecular formula is C17H21N3O4S. The highest BCUT2D eigenvalue weighted by Crippen LogP contribution is 2.26. The first-order valence-electron chi connectivity index (χ1n) is 8.02. The van der Waals surface area contributed by atoms with Crippen LogP contribution in [-0.2, 0) is 10.0 Å². The molecule has 0 bridgehead atoms. The molecule has 1 aromatic heterocycles. The Morgan fingerprint density at radius 1 is 1.40 bits per heavy atom. The SMILES string of the molecule is COc1ccc2c(C(=O)N3CCC(CS(N)(=O)=O)C3)cc(C)nc2c1. The van der Waals surface area contributed by atoms with E-state index in [0.717, 1.165) is 11.1 Å². The van der Waals surface area contributed by atoms with Crippen molar-refractivity contribution in [3.8, 4) is 5.75 Å². The number of nitrogens with two attached hydrogens (primary N) is 1. The van der Waals surface area contributed by atoms with Crippen LogP contribution in [0.1, 0.15) is 22.5 Å². The Balaban J connectivity index is 1.90. The first kappa shape index (κ1) is 17.6. The average Bonchev–Trinajstić information content (AvgIpc) is 2.99. The fourth-order valence-corrected chi connectivity index (χ4v) is 4.23. The molecule has 1 unspecified atom stereocenters. The number of carbonyl (C=O) groups is 1. The van der Waals surface area contributed by atoms with E-state index in [-0.39, 0.29) is 17.6 Å². The zero-order valence-electron chi connectivity index (χ0n) is 14.2. The summed E-state index contributed by atoms with van der Waals surface area (Å²) in [7, 11) is -1.95. The Bertz CT molecular complexity index is 927. The fraction of sp³-hybridized carbons (Fsp3) is 0.412. The van der Waals surface area contributed by atoms with Crippen LogP contribution in [0.3, 0.4) is 0 Å². The predicted molar refractivity (Wildman–Crippen MR) is 95.0 cm³/mol. The van der Waals surface area contributed by atoms with Gasteiger partial charge in [0, 0.05) is 30.2 Å². The lowest BCUT2D eigenvalue weighted by molar-refractivity contribution is 0.0790. The number of sulfonamides is 1. The van der Waals surface area contributed by atoms with Crippen LogP contribution in [0.15, 0.2) is 24.3 Å². The van der Waals surface area contributed by atoms with Gasteiger partial charge in [0.2, 0.25) is 10.0 Å². The smallest absolute Gasteiger partial charge is 0.254 e. The van der Waals surface area contributed by atoms with Crippen LogP contribution in [-0.4, -0.2) is 50.2 Å². The maximum atomic E-state index is 13.0. The van der Waals surface area contributed by atoms with E-state index in [4.69, 9.17) is 9.88 Å². The number of hydrogen-bond donors (Lipinski definition) is 1. The monoisotopic (exact) mass is 363 g/mol. The Morgan fingerprint density at radius 2 is 2.16 bits per heavy atom. The van der Waals surface area contributed by atoms with Gasteiger partial charge in [0.25, 0.3) is 5.91 Å². The summed E-state index contributed by atoms with van der Waals surface area (Å²) in [4.78, 5) is 19.1. The summed E-state index contributed by atoms with van der Waals surface area (Å²) in [6, 6.07) is 7.19. The molecule has 1 amide bonds. The maximum absolute atomic E-state index is 13.0. The van der Waals surface area contributed by atoms with Crippen LogP contribution in [0.2, 0.25) is 0 Å². The lowest BCUT2D eigenvalue weighted by Gasteiger charge is -2.18. The van der Waals surface area contributed by atoms with E-state index in [9.17, 15) is 13.2 Å². The van der Waals surface area contributed by atoms with Crippen molar-refractivity contribution in [3.05, 3.63) is 35.5 Å². The van der Waals surface area contributed by atoms with Crippen LogP contribution >= 0.6 is 0 Å². The minimum absolute atomic E-state index is 0.0932. The first-order chi connectivity index (χ1) is 11.8. The molecule has 3 rings (SSSR count). The van der Waals surface area contributed by atoms with Crippen molar-refractivity contribution in [2.75, 3.05) is 26.0 Å². The molecule has 134 valence electrons. The van der Waals surface area contributed by atoms with Gasteiger partial charge in [-0.3, -0.25) is 9.78 Å². The fourth-order valence-electron chi connectivity index (χ4n) is 3.30. The number of rotatable bonds is 4. The molecule has 0 aliphatic carbocycles. The molecule has 0 radical (unpaired) electrons. The molecule has 0 spiro atoms. The van der Waals surface area contributed by atoms with Crippen LogP contribution in [0.25, 0.3) is 10.9 Å². The number of ether oxygens (including phenoxy) is 1. The van der Waals surface area contributed by atoms with Crippen molar-refractivity contribution in [3.63, 3.8) is 0 Å². The van der Waals surface area contributed by atoms with Crippen molar-refractivity contribution in [1.29, 1.82) is 0 Å². The predicted octanol–water partition coefficient (Wildman–Crippen LogP) is 1.30. The minimum Gasteiger partial charge on any atom is -0.497 e. The van der Waals surface area contributed by atoms with Crippen molar-refractivity contribution < 1.29 is 17.9 Å². The molecule has 2 N–H and O–H groups in total. The summed E-state index contributed by atoms with van der Waals surface area (Å²) in [6.07, 6.45) is 0.637. The second-order valence-corrected chi connectivity index (χ2v) is 8.09. The topological polar surface area (TPSA) is 103 Å². The highest BCUT2D eigenvalue weighted by atomic mass is 32.2. The lowest BCUT2D eigenvalue weighted by Crippen LogP contribution is -2.31. The summed E-state index contributed by atoms with van der Waals surface area (Å²) >= 11 is 0. The first-order valence-corrected chi connectivity index (χ1v) is 9.73. The third kappa shape index (κ3) is 3.91. The number of hydrogen-bond acceptors (Lipinski definition) is 5. The molecule has 1 aliphatic heterocycles. The number of amides is 1. The lowest BCUT2D eigenvalue weighted by atomic mass is 10.1. The quantitative estimate of drug-likeness (QED) is 0.882. The van der Waals surface area contributed by atoms with E-state index in [1.165, 1.54) is 0 Å². The largest absolute Gasteiger partial charge is 0.497 e. The molecular weight excluding hydrogens is 342 g/mol. The summed E-state index contributed by atoms with van der Waals surface area (Å²) < 4.78 is 27.8. The van der Waals surface area contributed by atoms with Gasteiger partial charge in [-0.2, -0.15) is 0 Å². The van der Waals surface area contributed by atoms with Crippen molar-refractivity contribution in [1.82, 2.24) is 9.88 Å². The van der Waals surface area contributed by atoms with Crippen LogP contribution in [0, 0.1) is 12.8 Å². The van der Waals surface area contributed by atoms with Crippen molar-refractivity contribution >= 4 is 26.8 Å². The zero-order chi connectivity index (χ0) is 18.2. The van der Waals surface area contributed by atoms with Crippen molar-refractivity contribution in [2.45, 2.75) is 13.3 Å². The van der Waals surface area contributed by atoms with Gasteiger partial charge in [-0.05, 0) is 37.5 Å². The van der Waals surface area contributed by atoms with Gasteiger partial charge in [-0.15, -0.1) is 0 Å². The van der Waals surface area contributed by atoms with Crippen molar-refractivity contribution in [2.24, 2.45) is 11.1 Å². The molecule has 1 atom stereocenters. The standard InChI is InChI=1S/C17H21N3O4S/c1-11-7-15(14-4-3-13(24-2)8-16(14)19-11)17(21)20-6-5-12(9-20)10-25(18,22)23/h3-4,7-8,12H,5-6,9-10H2,1-2H3,(H2,18,22,23). The molecule has 25 heavy (non-hydrogen) atoms. The highest BCUT2D eigenvalue weighted by molar-refractivity contribution is 7.89. The second kappa shape index (κ2) is 6.61. The van der Waals surface area contributed by atoms with E-state index in [0.29, 0.717) is 36.3 Å². The van der Waals surface area contributed by atoms with Gasteiger partial charge in [-0.25, -0.2) is 13.6 Å². The van der Waals surface area contributed by atoms with Gasteiger partial charge in [0.05, 0.1) is 23.9 Å². The average molecular weight is 363 g/mol. The number of carbonyl (C=O) groups excluding carboxylic acids is 1. The van der Waals surface area contributed by atoms with E-state index in [1.54, 1.807) is 30.2 Å². The van der Waals surface area contributed by atoms with Gasteiger partial charge >= 0.3 is 0 Å². The molecule has 1 aromatic carbocycles. The molecule has 8 heteroatoms. The van der Waals surface area contributed by atoms with E-state index < -0.39 is 10.0 Å². The van der Waals surface area contributed by atoms with Crippen LogP contribution < -0.4 is 9.88 Å². The number of primary sulfonamides is 1. The van der Waals surface area contributed by atoms with E-state index in [2.05, 4.69) is 4.98 Å². The molecule has 2 heterocycles. The van der Waals surface area contributed by atoms with Crippen LogP contribution in [0.5, 0.6) is 5.75 Å². The maximum Gasteiger partial charge on any atom is 0.254 e. The van der Waals surface area contributed by atoms with Gasteiger partial charge in [0.1, 0.15) is 5.75 Å². The highest BCUT2D eigenvalue weighted by Gasteiger charge is 2.30. The number of aromatic nitrogens is 1. The summed E-state index contributed by atoms with van der Waals surface area (Å²) in [5.41, 5.74) is 2.01. The number of nitrogens with zero attached hydrogens (tertiary/aromatic N) is 2. The summed E-state index contributed by atoms with van der Waals surface area (Å²) in [5, 5.41) is 5.87. The number of methoxy groups -OCH3 is 1. The third-order valence-corrected chi connectivity index (χ3v) is 5.35. The zero-order valence-corrected chi connectivity index (χ0v) is 15.0. The Kier molecular flexibility index (Phi) is 4.66. The number of likely N-dealkylation sites (tertiary alicyclic amines) is 1. The van der Waals surface area contributed by atoms with E-state index >= 15 is 0 Å². The third-order valence-electron chi connectivity index (χ3n) is 4.42. The normalized spacial score (nSPS) is 17.9. The Labute approximate surface area is 146 Å². The number of pyridine rings is 1. The Morgan fingerprint density at radius 3 is 2.84 bits per heavy atom. The molecule has 1 fully saturated rings. The minimum atomic E-state index is -3.53. The van der Waals surface area contributed by atoms with Gasteiger partial charge < -0.3 is 9.64 Å². The summed E-state index contributed by atoms with van der Waals surface area (Å²) in [5.74, 6) is 0.355. The van der Waals surface area contributed by atoms with Gasteiger partial charge in [0.15, 0.2) is 0 Å². The molecule has 7 nitrogen and oxygen atoms in total.